The molecule has 4 rings (SSSR count). The molecule has 0 fully saturated rings. The molecule has 0 amide bonds. The lowest BCUT2D eigenvalue weighted by atomic mass is 10.1. The summed E-state index contributed by atoms with van der Waals surface area (Å²) in [5, 5.41) is 2.09. The van der Waals surface area contributed by atoms with E-state index in [1.165, 1.54) is 5.56 Å². The van der Waals surface area contributed by atoms with Crippen LogP contribution in [0.3, 0.4) is 0 Å². The number of aromatic nitrogens is 1. The molecule has 0 unspecified atom stereocenters. The minimum atomic E-state index is 0.793. The Morgan fingerprint density at radius 3 is 2.24 bits per heavy atom. The normalized spacial score (nSPS) is 11.6. The van der Waals surface area contributed by atoms with Gasteiger partial charge in [0.15, 0.2) is 10.6 Å². The Kier molecular flexibility index (Phi) is 5.81. The number of ether oxygens (including phenoxy) is 2. The number of rotatable bonds is 7. The zero-order chi connectivity index (χ0) is 20.1. The maximum absolute atomic E-state index is 5.65. The molecule has 5 nitrogen and oxygen atoms in total. The van der Waals surface area contributed by atoms with Gasteiger partial charge in [0.1, 0.15) is 11.5 Å². The van der Waals surface area contributed by atoms with Gasteiger partial charge in [0.05, 0.1) is 31.9 Å². The lowest BCUT2D eigenvalue weighted by Gasteiger charge is -2.08. The zero-order valence-corrected chi connectivity index (χ0v) is 17.2. The summed E-state index contributed by atoms with van der Waals surface area (Å²) < 4.78 is 18.3. The van der Waals surface area contributed by atoms with Gasteiger partial charge in [-0.15, -0.1) is 11.3 Å². The molecule has 0 saturated carbocycles. The van der Waals surface area contributed by atoms with Gasteiger partial charge in [-0.2, -0.15) is 0 Å². The minimum absolute atomic E-state index is 0.793. The number of benzene rings is 2. The van der Waals surface area contributed by atoms with Crippen molar-refractivity contribution in [3.8, 4) is 23.0 Å². The first-order valence-electron chi connectivity index (χ1n) is 9.31. The highest BCUT2D eigenvalue weighted by atomic mass is 32.1. The summed E-state index contributed by atoms with van der Waals surface area (Å²) in [5.74, 6) is 2.52. The van der Waals surface area contributed by atoms with Crippen LogP contribution >= 0.6 is 11.3 Å². The molecule has 2 heterocycles. The number of nitrogens with zero attached hydrogens (tertiary/aromatic N) is 2. The second-order valence-corrected chi connectivity index (χ2v) is 7.28. The SMILES string of the molecule is COc1ccc(CCn2c(-c3ccco3)csc2=Nc2ccc(OC)cc2)cc1. The highest BCUT2D eigenvalue weighted by Crippen LogP contribution is 2.23. The number of methoxy groups -OCH3 is 2. The first-order chi connectivity index (χ1) is 14.3. The Bertz CT molecular complexity index is 1110. The van der Waals surface area contributed by atoms with Gasteiger partial charge < -0.3 is 18.5 Å². The van der Waals surface area contributed by atoms with Crippen molar-refractivity contribution in [2.24, 2.45) is 4.99 Å². The van der Waals surface area contributed by atoms with Crippen LogP contribution in [0.5, 0.6) is 11.5 Å². The predicted octanol–water partition coefficient (Wildman–Crippen LogP) is 5.30. The van der Waals surface area contributed by atoms with E-state index in [1.54, 1.807) is 31.8 Å². The van der Waals surface area contributed by atoms with Crippen LogP contribution in [0, 0.1) is 0 Å². The molecular formula is C23H22N2O3S. The summed E-state index contributed by atoms with van der Waals surface area (Å²) in [6.45, 7) is 0.793. The van der Waals surface area contributed by atoms with E-state index in [0.717, 1.165) is 46.4 Å². The third-order valence-electron chi connectivity index (χ3n) is 4.65. The van der Waals surface area contributed by atoms with E-state index in [4.69, 9.17) is 18.9 Å². The summed E-state index contributed by atoms with van der Waals surface area (Å²) in [5.41, 5.74) is 3.16. The standard InChI is InChI=1S/C23H22N2O3S/c1-26-19-9-5-17(6-10-19)13-14-25-21(22-4-3-15-28-22)16-29-23(25)24-18-7-11-20(27-2)12-8-18/h3-12,15-16H,13-14H2,1-2H3. The first kappa shape index (κ1) is 19.1. The van der Waals surface area contributed by atoms with Gasteiger partial charge >= 0.3 is 0 Å². The van der Waals surface area contributed by atoms with Gasteiger partial charge in [-0.1, -0.05) is 12.1 Å². The summed E-state index contributed by atoms with van der Waals surface area (Å²) in [6.07, 6.45) is 2.57. The second kappa shape index (κ2) is 8.84. The minimum Gasteiger partial charge on any atom is -0.497 e. The van der Waals surface area contributed by atoms with E-state index >= 15 is 0 Å². The Hall–Kier alpha value is -3.25. The number of aryl methyl sites for hydroxylation is 1. The van der Waals surface area contributed by atoms with Gasteiger partial charge in [0, 0.05) is 11.9 Å². The van der Waals surface area contributed by atoms with E-state index in [1.807, 2.05) is 48.5 Å². The quantitative estimate of drug-likeness (QED) is 0.418. The lowest BCUT2D eigenvalue weighted by molar-refractivity contribution is 0.414. The molecule has 0 saturated heterocycles. The molecule has 0 aliphatic rings. The van der Waals surface area contributed by atoms with Crippen molar-refractivity contribution < 1.29 is 13.9 Å². The first-order valence-corrected chi connectivity index (χ1v) is 10.2. The lowest BCUT2D eigenvalue weighted by Crippen LogP contribution is -2.17. The molecule has 0 radical (unpaired) electrons. The molecule has 0 N–H and O–H groups in total. The molecule has 0 spiro atoms. The van der Waals surface area contributed by atoms with E-state index in [9.17, 15) is 0 Å². The van der Waals surface area contributed by atoms with Crippen molar-refractivity contribution in [2.45, 2.75) is 13.0 Å². The van der Waals surface area contributed by atoms with Gasteiger partial charge in [-0.3, -0.25) is 0 Å². The molecule has 148 valence electrons. The van der Waals surface area contributed by atoms with Crippen LogP contribution < -0.4 is 14.3 Å². The third-order valence-corrected chi connectivity index (χ3v) is 5.52. The summed E-state index contributed by atoms with van der Waals surface area (Å²) in [7, 11) is 3.34. The van der Waals surface area contributed by atoms with Crippen molar-refractivity contribution in [2.75, 3.05) is 14.2 Å². The average Bonchev–Trinajstić information content (AvgIpc) is 3.43. The van der Waals surface area contributed by atoms with Crippen molar-refractivity contribution >= 4 is 17.0 Å². The molecule has 2 aromatic carbocycles. The zero-order valence-electron chi connectivity index (χ0n) is 16.4. The largest absolute Gasteiger partial charge is 0.497 e. The molecule has 6 heteroatoms. The van der Waals surface area contributed by atoms with E-state index in [2.05, 4.69) is 22.1 Å². The maximum atomic E-state index is 5.65. The Balaban J connectivity index is 1.66. The molecule has 0 atom stereocenters. The van der Waals surface area contributed by atoms with Gasteiger partial charge in [0.2, 0.25) is 0 Å². The third kappa shape index (κ3) is 4.43. The van der Waals surface area contributed by atoms with Gasteiger partial charge in [0.25, 0.3) is 0 Å². The fraction of sp³-hybridized carbons (Fsp3) is 0.174. The Morgan fingerprint density at radius 2 is 1.62 bits per heavy atom. The second-order valence-electron chi connectivity index (χ2n) is 6.44. The number of hydrogen-bond acceptors (Lipinski definition) is 5. The molecular weight excluding hydrogens is 384 g/mol. The number of hydrogen-bond donors (Lipinski definition) is 0. The van der Waals surface area contributed by atoms with Crippen molar-refractivity contribution in [3.63, 3.8) is 0 Å². The van der Waals surface area contributed by atoms with E-state index in [-0.39, 0.29) is 0 Å². The molecule has 0 aliphatic carbocycles. The topological polar surface area (TPSA) is 48.9 Å². The fourth-order valence-electron chi connectivity index (χ4n) is 3.06. The monoisotopic (exact) mass is 406 g/mol. The van der Waals surface area contributed by atoms with Crippen LogP contribution in [0.1, 0.15) is 5.56 Å². The van der Waals surface area contributed by atoms with Crippen LogP contribution in [0.25, 0.3) is 11.5 Å². The molecule has 0 aliphatic heterocycles. The molecule has 0 bridgehead atoms. The number of furan rings is 1. The number of thiazole rings is 1. The molecule has 29 heavy (non-hydrogen) atoms. The average molecular weight is 407 g/mol. The molecule has 4 aromatic rings. The summed E-state index contributed by atoms with van der Waals surface area (Å²) >= 11 is 1.61. The van der Waals surface area contributed by atoms with Crippen LogP contribution in [-0.4, -0.2) is 18.8 Å². The highest BCUT2D eigenvalue weighted by Gasteiger charge is 2.11. The van der Waals surface area contributed by atoms with Crippen LogP contribution in [0.4, 0.5) is 5.69 Å². The molecule has 2 aromatic heterocycles. The van der Waals surface area contributed by atoms with Gasteiger partial charge in [-0.25, -0.2) is 4.99 Å². The van der Waals surface area contributed by atoms with Crippen molar-refractivity contribution in [1.29, 1.82) is 0 Å². The summed E-state index contributed by atoms with van der Waals surface area (Å²) in [6, 6.07) is 19.8. The van der Waals surface area contributed by atoms with Crippen molar-refractivity contribution in [3.05, 3.63) is 82.7 Å². The maximum Gasteiger partial charge on any atom is 0.190 e. The van der Waals surface area contributed by atoms with E-state index in [0.29, 0.717) is 0 Å². The van der Waals surface area contributed by atoms with Crippen LogP contribution in [0.15, 0.2) is 81.7 Å². The Labute approximate surface area is 173 Å². The Morgan fingerprint density at radius 1 is 0.931 bits per heavy atom. The fourth-order valence-corrected chi connectivity index (χ4v) is 3.99. The van der Waals surface area contributed by atoms with Gasteiger partial charge in [-0.05, 0) is 60.5 Å². The van der Waals surface area contributed by atoms with Crippen LogP contribution in [0.2, 0.25) is 0 Å². The summed E-state index contributed by atoms with van der Waals surface area (Å²) in [4.78, 5) is 5.78. The van der Waals surface area contributed by atoms with Crippen LogP contribution in [-0.2, 0) is 13.0 Å². The van der Waals surface area contributed by atoms with E-state index < -0.39 is 0 Å². The highest BCUT2D eigenvalue weighted by molar-refractivity contribution is 7.07. The van der Waals surface area contributed by atoms with Crippen molar-refractivity contribution in [1.82, 2.24) is 4.57 Å². The smallest absolute Gasteiger partial charge is 0.190 e. The predicted molar refractivity (Wildman–Crippen MR) is 115 cm³/mol.